The lowest BCUT2D eigenvalue weighted by molar-refractivity contribution is -0.136. The van der Waals surface area contributed by atoms with Gasteiger partial charge in [0.05, 0.1) is 12.5 Å². The minimum Gasteiger partial charge on any atom is -0.481 e. The van der Waals surface area contributed by atoms with Crippen molar-refractivity contribution in [1.82, 2.24) is 0 Å². The molecule has 4 nitrogen and oxygen atoms in total. The Kier molecular flexibility index (Phi) is 8.54. The molecule has 0 heterocycles. The normalized spacial score (nSPS) is 22.5. The molecule has 22 heavy (non-hydrogen) atoms. The molecular weight excluding hydrogens is 280 g/mol. The van der Waals surface area contributed by atoms with Crippen LogP contribution in [-0.4, -0.2) is 28.1 Å². The number of carboxylic acids is 1. The van der Waals surface area contributed by atoms with Crippen molar-refractivity contribution in [2.75, 3.05) is 0 Å². The maximum Gasteiger partial charge on any atom is 0.304 e. The van der Waals surface area contributed by atoms with Crippen LogP contribution in [0.3, 0.4) is 0 Å². The van der Waals surface area contributed by atoms with Crippen molar-refractivity contribution in [3.05, 3.63) is 12.2 Å². The zero-order valence-corrected chi connectivity index (χ0v) is 13.3. The molecule has 4 heteroatoms. The van der Waals surface area contributed by atoms with Crippen LogP contribution in [0.15, 0.2) is 12.2 Å². The molecule has 3 atom stereocenters. The van der Waals surface area contributed by atoms with E-state index < -0.39 is 12.1 Å². The summed E-state index contributed by atoms with van der Waals surface area (Å²) in [5, 5.41) is 18.4. The Labute approximate surface area is 132 Å². The summed E-state index contributed by atoms with van der Waals surface area (Å²) in [5.74, 6) is 5.17. The Morgan fingerprint density at radius 3 is 2.91 bits per heavy atom. The van der Waals surface area contributed by atoms with E-state index in [1.54, 1.807) is 0 Å². The minimum atomic E-state index is -0.854. The molecule has 0 saturated heterocycles. The monoisotopic (exact) mass is 306 g/mol. The number of aliphatic carboxylic acids is 1. The Morgan fingerprint density at radius 2 is 2.23 bits per heavy atom. The average molecular weight is 306 g/mol. The lowest BCUT2D eigenvalue weighted by atomic mass is 9.91. The fourth-order valence-electron chi connectivity index (χ4n) is 2.65. The van der Waals surface area contributed by atoms with Crippen molar-refractivity contribution in [2.24, 2.45) is 11.8 Å². The summed E-state index contributed by atoms with van der Waals surface area (Å²) in [6.07, 6.45) is 8.39. The number of ketones is 1. The average Bonchev–Trinajstić information content (AvgIpc) is 2.83. The smallest absolute Gasteiger partial charge is 0.304 e. The van der Waals surface area contributed by atoms with Gasteiger partial charge >= 0.3 is 5.97 Å². The van der Waals surface area contributed by atoms with Gasteiger partial charge in [-0.15, -0.1) is 11.8 Å². The van der Waals surface area contributed by atoms with E-state index in [1.807, 2.05) is 12.2 Å². The Bertz CT molecular complexity index is 455. The van der Waals surface area contributed by atoms with Crippen LogP contribution >= 0.6 is 0 Å². The van der Waals surface area contributed by atoms with Crippen molar-refractivity contribution in [2.45, 2.75) is 64.4 Å². The molecule has 0 aromatic rings. The van der Waals surface area contributed by atoms with E-state index in [9.17, 15) is 14.7 Å². The van der Waals surface area contributed by atoms with E-state index in [-0.39, 0.29) is 24.0 Å². The first-order valence-electron chi connectivity index (χ1n) is 8.11. The number of allylic oxidation sites excluding steroid dienone is 1. The van der Waals surface area contributed by atoms with E-state index in [0.717, 1.165) is 25.7 Å². The van der Waals surface area contributed by atoms with E-state index >= 15 is 0 Å². The van der Waals surface area contributed by atoms with Crippen LogP contribution in [-0.2, 0) is 9.59 Å². The molecule has 0 spiro atoms. The topological polar surface area (TPSA) is 74.6 Å². The fourth-order valence-corrected chi connectivity index (χ4v) is 2.65. The van der Waals surface area contributed by atoms with E-state index in [0.29, 0.717) is 19.3 Å². The molecule has 0 amide bonds. The van der Waals surface area contributed by atoms with Crippen molar-refractivity contribution < 1.29 is 19.8 Å². The van der Waals surface area contributed by atoms with Crippen LogP contribution in [0.5, 0.6) is 0 Å². The highest BCUT2D eigenvalue weighted by atomic mass is 16.4. The standard InChI is InChI=1S/C18H26O4/c1-2-3-7-15(19)12-10-14-11-13-17(20)16(14)8-5-4-6-9-18(21)22/h10,12,14-16,19H,2-3,6-9,11,13H2,1H3,(H,21,22)/b12-10+. The third-order valence-electron chi connectivity index (χ3n) is 4.00. The number of aliphatic hydroxyl groups is 1. The van der Waals surface area contributed by atoms with E-state index in [2.05, 4.69) is 18.8 Å². The quantitative estimate of drug-likeness (QED) is 0.534. The second-order valence-electron chi connectivity index (χ2n) is 5.82. The molecule has 1 aliphatic rings. The predicted octanol–water partition coefficient (Wildman–Crippen LogP) is 2.95. The molecular formula is C18H26O4. The summed E-state index contributed by atoms with van der Waals surface area (Å²) in [6, 6.07) is 0. The highest BCUT2D eigenvalue weighted by molar-refractivity contribution is 5.84. The number of carbonyl (C=O) groups excluding carboxylic acids is 1. The number of hydrogen-bond acceptors (Lipinski definition) is 3. The second kappa shape index (κ2) is 10.2. The molecule has 0 radical (unpaired) electrons. The molecule has 0 aromatic carbocycles. The first-order valence-corrected chi connectivity index (χ1v) is 8.11. The number of hydrogen-bond donors (Lipinski definition) is 2. The summed E-state index contributed by atoms with van der Waals surface area (Å²) in [6.45, 7) is 2.09. The Balaban J connectivity index is 2.47. The number of aliphatic hydroxyl groups excluding tert-OH is 1. The van der Waals surface area contributed by atoms with Gasteiger partial charge in [-0.1, -0.05) is 31.9 Å². The summed E-state index contributed by atoms with van der Waals surface area (Å²) in [5.41, 5.74) is 0. The second-order valence-corrected chi connectivity index (χ2v) is 5.82. The highest BCUT2D eigenvalue weighted by Crippen LogP contribution is 2.32. The zero-order valence-electron chi connectivity index (χ0n) is 13.3. The van der Waals surface area contributed by atoms with Gasteiger partial charge < -0.3 is 10.2 Å². The van der Waals surface area contributed by atoms with Crippen LogP contribution in [0, 0.1) is 23.7 Å². The SMILES string of the molecule is CCCCC(O)/C=C/C1CCC(=O)C1CC#CCCC(=O)O. The molecule has 1 fully saturated rings. The van der Waals surface area contributed by atoms with Gasteiger partial charge in [-0.05, 0) is 18.8 Å². The van der Waals surface area contributed by atoms with Crippen LogP contribution in [0.4, 0.5) is 0 Å². The maximum atomic E-state index is 11.9. The van der Waals surface area contributed by atoms with Crippen LogP contribution < -0.4 is 0 Å². The van der Waals surface area contributed by atoms with Gasteiger partial charge in [-0.3, -0.25) is 9.59 Å². The van der Waals surface area contributed by atoms with Crippen molar-refractivity contribution in [1.29, 1.82) is 0 Å². The first kappa shape index (κ1) is 18.4. The summed E-state index contributed by atoms with van der Waals surface area (Å²) < 4.78 is 0. The largest absolute Gasteiger partial charge is 0.481 e. The van der Waals surface area contributed by atoms with Crippen LogP contribution in [0.2, 0.25) is 0 Å². The van der Waals surface area contributed by atoms with Gasteiger partial charge in [0.2, 0.25) is 0 Å². The third-order valence-corrected chi connectivity index (χ3v) is 4.00. The summed E-state index contributed by atoms with van der Waals surface area (Å²) >= 11 is 0. The van der Waals surface area contributed by atoms with Crippen molar-refractivity contribution in [3.63, 3.8) is 0 Å². The Morgan fingerprint density at radius 1 is 1.45 bits per heavy atom. The van der Waals surface area contributed by atoms with Gasteiger partial charge in [-0.25, -0.2) is 0 Å². The predicted molar refractivity (Wildman–Crippen MR) is 85.2 cm³/mol. The maximum absolute atomic E-state index is 11.9. The molecule has 0 aliphatic heterocycles. The summed E-state index contributed by atoms with van der Waals surface area (Å²) in [7, 11) is 0. The lowest BCUT2D eigenvalue weighted by Crippen LogP contribution is -2.13. The number of carboxylic acid groups (broad SMARTS) is 1. The van der Waals surface area contributed by atoms with Crippen LogP contribution in [0.1, 0.15) is 58.3 Å². The lowest BCUT2D eigenvalue weighted by Gasteiger charge is -2.12. The van der Waals surface area contributed by atoms with E-state index in [4.69, 9.17) is 5.11 Å². The van der Waals surface area contributed by atoms with Gasteiger partial charge in [-0.2, -0.15) is 0 Å². The molecule has 0 bridgehead atoms. The van der Waals surface area contributed by atoms with Crippen LogP contribution in [0.25, 0.3) is 0 Å². The molecule has 122 valence electrons. The third kappa shape index (κ3) is 6.91. The minimum absolute atomic E-state index is 0.0402. The molecule has 1 rings (SSSR count). The van der Waals surface area contributed by atoms with Gasteiger partial charge in [0.1, 0.15) is 5.78 Å². The van der Waals surface area contributed by atoms with Gasteiger partial charge in [0.15, 0.2) is 0 Å². The number of rotatable bonds is 8. The number of carbonyl (C=O) groups is 2. The zero-order chi connectivity index (χ0) is 16.4. The molecule has 1 aliphatic carbocycles. The fraction of sp³-hybridized carbons (Fsp3) is 0.667. The number of Topliss-reactive ketones (excluding diaryl/α,β-unsaturated/α-hetero) is 1. The van der Waals surface area contributed by atoms with Gasteiger partial charge in [0.25, 0.3) is 0 Å². The number of unbranched alkanes of at least 4 members (excludes halogenated alkanes) is 1. The van der Waals surface area contributed by atoms with E-state index in [1.165, 1.54) is 0 Å². The molecule has 0 aromatic heterocycles. The van der Waals surface area contributed by atoms with Gasteiger partial charge in [0, 0.05) is 25.2 Å². The molecule has 2 N–H and O–H groups in total. The molecule has 3 unspecified atom stereocenters. The Hall–Kier alpha value is -1.60. The summed E-state index contributed by atoms with van der Waals surface area (Å²) in [4.78, 5) is 22.3. The first-order chi connectivity index (χ1) is 10.5. The van der Waals surface area contributed by atoms with Crippen molar-refractivity contribution in [3.8, 4) is 11.8 Å². The molecule has 1 saturated carbocycles. The van der Waals surface area contributed by atoms with Crippen molar-refractivity contribution >= 4 is 11.8 Å². The highest BCUT2D eigenvalue weighted by Gasteiger charge is 2.32.